The molecule has 2 unspecified atom stereocenters. The molecule has 0 aromatic heterocycles. The number of carbonyl (C=O) groups is 1. The van der Waals surface area contributed by atoms with Crippen LogP contribution in [0.1, 0.15) is 36.2 Å². The molecule has 1 aromatic carbocycles. The maximum absolute atomic E-state index is 12.9. The second-order valence-electron chi connectivity index (χ2n) is 5.92. The van der Waals surface area contributed by atoms with E-state index in [1.165, 1.54) is 12.1 Å². The van der Waals surface area contributed by atoms with Crippen molar-refractivity contribution in [2.45, 2.75) is 26.4 Å². The van der Waals surface area contributed by atoms with Crippen LogP contribution in [0, 0.1) is 11.8 Å². The van der Waals surface area contributed by atoms with Gasteiger partial charge >= 0.3 is 6.18 Å². The summed E-state index contributed by atoms with van der Waals surface area (Å²) >= 11 is 0. The molecule has 1 saturated heterocycles. The lowest BCUT2D eigenvalue weighted by Crippen LogP contribution is -2.42. The van der Waals surface area contributed by atoms with Gasteiger partial charge in [-0.2, -0.15) is 13.2 Å². The zero-order valence-corrected chi connectivity index (χ0v) is 12.1. The van der Waals surface area contributed by atoms with E-state index in [0.717, 1.165) is 12.5 Å². The number of nitrogens with two attached hydrogens (primary N) is 1. The first-order valence-electron chi connectivity index (χ1n) is 6.95. The van der Waals surface area contributed by atoms with Crippen LogP contribution in [0.15, 0.2) is 18.2 Å². The number of nitrogen functional groups attached to an aromatic ring is 1. The average Bonchev–Trinajstić information content (AvgIpc) is 2.35. The van der Waals surface area contributed by atoms with Crippen LogP contribution < -0.4 is 5.73 Å². The number of anilines is 1. The molecule has 2 rings (SSSR count). The molecule has 2 N–H and O–H groups in total. The molecule has 1 aromatic rings. The Morgan fingerprint density at radius 2 is 1.81 bits per heavy atom. The van der Waals surface area contributed by atoms with E-state index in [0.29, 0.717) is 24.9 Å². The molecule has 0 saturated carbocycles. The highest BCUT2D eigenvalue weighted by molar-refractivity contribution is 6.00. The summed E-state index contributed by atoms with van der Waals surface area (Å²) in [5.74, 6) is 0.256. The van der Waals surface area contributed by atoms with Crippen molar-refractivity contribution in [1.29, 1.82) is 0 Å². The molecular formula is C15H19F3N2O. The molecule has 0 spiro atoms. The van der Waals surface area contributed by atoms with Crippen LogP contribution in [-0.2, 0) is 6.18 Å². The summed E-state index contributed by atoms with van der Waals surface area (Å²) in [5.41, 5.74) is 4.08. The largest absolute Gasteiger partial charge is 0.418 e. The predicted octanol–water partition coefficient (Wildman–Crippen LogP) is 3.41. The first-order valence-corrected chi connectivity index (χ1v) is 6.95. The molecule has 1 aliphatic heterocycles. The number of piperidine rings is 1. The molecular weight excluding hydrogens is 281 g/mol. The average molecular weight is 300 g/mol. The molecule has 0 radical (unpaired) electrons. The van der Waals surface area contributed by atoms with Crippen LogP contribution in [0.4, 0.5) is 18.9 Å². The van der Waals surface area contributed by atoms with Crippen molar-refractivity contribution in [2.75, 3.05) is 18.8 Å². The lowest BCUT2D eigenvalue weighted by Gasteiger charge is -2.35. The summed E-state index contributed by atoms with van der Waals surface area (Å²) in [4.78, 5) is 14.1. The third-order valence-electron chi connectivity index (χ3n) is 3.80. The lowest BCUT2D eigenvalue weighted by molar-refractivity contribution is -0.136. The molecule has 1 fully saturated rings. The van der Waals surface area contributed by atoms with E-state index >= 15 is 0 Å². The minimum atomic E-state index is -4.55. The zero-order valence-electron chi connectivity index (χ0n) is 12.1. The standard InChI is InChI=1S/C15H19F3N2O/c1-9-6-10(2)8-20(7-9)14(21)11-4-3-5-12(13(11)19)15(16,17)18/h3-5,9-10H,6-8,19H2,1-2H3. The first-order chi connectivity index (χ1) is 9.70. The summed E-state index contributed by atoms with van der Waals surface area (Å²) in [5, 5.41) is 0. The number of likely N-dealkylation sites (tertiary alicyclic amines) is 1. The van der Waals surface area contributed by atoms with Gasteiger partial charge in [0, 0.05) is 13.1 Å². The highest BCUT2D eigenvalue weighted by Gasteiger charge is 2.35. The van der Waals surface area contributed by atoms with Crippen molar-refractivity contribution >= 4 is 11.6 Å². The fourth-order valence-corrected chi connectivity index (χ4v) is 3.00. The van der Waals surface area contributed by atoms with Crippen molar-refractivity contribution in [3.63, 3.8) is 0 Å². The number of nitrogens with zero attached hydrogens (tertiary/aromatic N) is 1. The molecule has 116 valence electrons. The monoisotopic (exact) mass is 300 g/mol. The fourth-order valence-electron chi connectivity index (χ4n) is 3.00. The maximum Gasteiger partial charge on any atom is 0.418 e. The molecule has 1 aliphatic rings. The summed E-state index contributed by atoms with van der Waals surface area (Å²) in [6, 6.07) is 3.48. The quantitative estimate of drug-likeness (QED) is 0.808. The molecule has 2 atom stereocenters. The van der Waals surface area contributed by atoms with Crippen molar-refractivity contribution in [3.05, 3.63) is 29.3 Å². The Kier molecular flexibility index (Phi) is 4.16. The SMILES string of the molecule is CC1CC(C)CN(C(=O)c2cccc(C(F)(F)F)c2N)C1. The van der Waals surface area contributed by atoms with E-state index in [9.17, 15) is 18.0 Å². The molecule has 3 nitrogen and oxygen atoms in total. The Bertz CT molecular complexity index is 532. The van der Waals surface area contributed by atoms with Crippen molar-refractivity contribution in [2.24, 2.45) is 11.8 Å². The van der Waals surface area contributed by atoms with Gasteiger partial charge in [-0.05, 0) is 30.4 Å². The highest BCUT2D eigenvalue weighted by atomic mass is 19.4. The molecule has 0 aliphatic carbocycles. The van der Waals surface area contributed by atoms with Gasteiger partial charge in [0.05, 0.1) is 16.8 Å². The number of para-hydroxylation sites is 1. The zero-order chi connectivity index (χ0) is 15.8. The Labute approximate surface area is 121 Å². The van der Waals surface area contributed by atoms with Crippen LogP contribution in [0.2, 0.25) is 0 Å². The number of carbonyl (C=O) groups excluding carboxylic acids is 1. The van der Waals surface area contributed by atoms with Gasteiger partial charge in [-0.1, -0.05) is 19.9 Å². The number of rotatable bonds is 1. The first kappa shape index (κ1) is 15.7. The van der Waals surface area contributed by atoms with Crippen LogP contribution in [0.3, 0.4) is 0 Å². The highest BCUT2D eigenvalue weighted by Crippen LogP contribution is 2.35. The van der Waals surface area contributed by atoms with Gasteiger partial charge in [0.2, 0.25) is 0 Å². The van der Waals surface area contributed by atoms with E-state index in [2.05, 4.69) is 0 Å². The van der Waals surface area contributed by atoms with Crippen LogP contribution in [-0.4, -0.2) is 23.9 Å². The van der Waals surface area contributed by atoms with E-state index in [4.69, 9.17) is 5.73 Å². The van der Waals surface area contributed by atoms with Crippen molar-refractivity contribution in [3.8, 4) is 0 Å². The van der Waals surface area contributed by atoms with Gasteiger partial charge in [0.25, 0.3) is 5.91 Å². The molecule has 21 heavy (non-hydrogen) atoms. The Morgan fingerprint density at radius 3 is 2.33 bits per heavy atom. The van der Waals surface area contributed by atoms with Gasteiger partial charge < -0.3 is 10.6 Å². The van der Waals surface area contributed by atoms with Crippen molar-refractivity contribution in [1.82, 2.24) is 4.90 Å². The number of halogens is 3. The van der Waals surface area contributed by atoms with E-state index in [1.807, 2.05) is 13.8 Å². The number of benzene rings is 1. The van der Waals surface area contributed by atoms with Crippen LogP contribution >= 0.6 is 0 Å². The molecule has 1 amide bonds. The third kappa shape index (κ3) is 3.31. The van der Waals surface area contributed by atoms with E-state index < -0.39 is 23.3 Å². The summed E-state index contributed by atoms with van der Waals surface area (Å²) in [7, 11) is 0. The van der Waals surface area contributed by atoms with Gasteiger partial charge in [0.15, 0.2) is 0 Å². The van der Waals surface area contributed by atoms with Crippen LogP contribution in [0.25, 0.3) is 0 Å². The summed E-state index contributed by atoms with van der Waals surface area (Å²) in [6.45, 7) is 5.18. The Morgan fingerprint density at radius 1 is 1.24 bits per heavy atom. The predicted molar refractivity (Wildman–Crippen MR) is 74.7 cm³/mol. The van der Waals surface area contributed by atoms with E-state index in [-0.39, 0.29) is 5.56 Å². The molecule has 1 heterocycles. The molecule has 6 heteroatoms. The second-order valence-corrected chi connectivity index (χ2v) is 5.92. The van der Waals surface area contributed by atoms with Gasteiger partial charge in [-0.15, -0.1) is 0 Å². The molecule has 0 bridgehead atoms. The smallest absolute Gasteiger partial charge is 0.398 e. The third-order valence-corrected chi connectivity index (χ3v) is 3.80. The van der Waals surface area contributed by atoms with E-state index in [1.54, 1.807) is 4.90 Å². The van der Waals surface area contributed by atoms with Gasteiger partial charge in [-0.3, -0.25) is 4.79 Å². The van der Waals surface area contributed by atoms with Crippen LogP contribution in [0.5, 0.6) is 0 Å². The minimum absolute atomic E-state index is 0.0638. The fraction of sp³-hybridized carbons (Fsp3) is 0.533. The Hall–Kier alpha value is -1.72. The number of amides is 1. The minimum Gasteiger partial charge on any atom is -0.398 e. The van der Waals surface area contributed by atoms with Gasteiger partial charge in [-0.25, -0.2) is 0 Å². The Balaban J connectivity index is 2.32. The maximum atomic E-state index is 12.9. The normalized spacial score (nSPS) is 23.2. The number of hydrogen-bond acceptors (Lipinski definition) is 2. The topological polar surface area (TPSA) is 46.3 Å². The van der Waals surface area contributed by atoms with Crippen molar-refractivity contribution < 1.29 is 18.0 Å². The summed E-state index contributed by atoms with van der Waals surface area (Å²) < 4.78 is 38.6. The summed E-state index contributed by atoms with van der Waals surface area (Å²) in [6.07, 6.45) is -3.54. The number of hydrogen-bond donors (Lipinski definition) is 1. The number of alkyl halides is 3. The second kappa shape index (κ2) is 5.58. The lowest BCUT2D eigenvalue weighted by atomic mass is 9.91. The van der Waals surface area contributed by atoms with Gasteiger partial charge in [0.1, 0.15) is 0 Å².